The number of aromatic nitrogens is 1. The number of hydrogen-bond donors (Lipinski definition) is 1. The average Bonchev–Trinajstić information content (AvgIpc) is 2.65. The van der Waals surface area contributed by atoms with Crippen LogP contribution in [0, 0.1) is 5.92 Å². The van der Waals surface area contributed by atoms with Crippen LogP contribution in [0.25, 0.3) is 10.9 Å². The lowest BCUT2D eigenvalue weighted by atomic mass is 9.85. The fourth-order valence-corrected chi connectivity index (χ4v) is 2.83. The Hall–Kier alpha value is -1.28. The predicted octanol–water partition coefficient (Wildman–Crippen LogP) is 3.36. The second kappa shape index (κ2) is 4.77. The Morgan fingerprint density at radius 3 is 2.83 bits per heavy atom. The molecule has 0 amide bonds. The summed E-state index contributed by atoms with van der Waals surface area (Å²) in [6.07, 6.45) is 6.86. The zero-order valence-corrected chi connectivity index (χ0v) is 11.0. The van der Waals surface area contributed by atoms with Gasteiger partial charge >= 0.3 is 0 Å². The molecule has 0 spiro atoms. The minimum atomic E-state index is -0.264. The maximum atomic E-state index is 9.44. The second-order valence-corrected chi connectivity index (χ2v) is 5.71. The number of aliphatic hydroxyl groups is 1. The lowest BCUT2D eigenvalue weighted by molar-refractivity contribution is 0.195. The first-order chi connectivity index (χ1) is 8.72. The van der Waals surface area contributed by atoms with E-state index in [0.717, 1.165) is 12.3 Å². The van der Waals surface area contributed by atoms with E-state index in [1.807, 2.05) is 6.92 Å². The first-order valence-electron chi connectivity index (χ1n) is 6.98. The predicted molar refractivity (Wildman–Crippen MR) is 74.7 cm³/mol. The van der Waals surface area contributed by atoms with Crippen LogP contribution in [0.15, 0.2) is 30.5 Å². The molecule has 18 heavy (non-hydrogen) atoms. The number of aliphatic hydroxyl groups excluding tert-OH is 1. The van der Waals surface area contributed by atoms with E-state index in [-0.39, 0.29) is 6.10 Å². The van der Waals surface area contributed by atoms with E-state index in [1.54, 1.807) is 0 Å². The van der Waals surface area contributed by atoms with Crippen LogP contribution in [0.1, 0.15) is 31.7 Å². The molecule has 0 bridgehead atoms. The minimum Gasteiger partial charge on any atom is -0.393 e. The molecule has 1 N–H and O–H groups in total. The molecule has 1 aromatic heterocycles. The lowest BCUT2D eigenvalue weighted by Crippen LogP contribution is -2.17. The number of rotatable bonds is 4. The monoisotopic (exact) mass is 243 g/mol. The van der Waals surface area contributed by atoms with E-state index in [2.05, 4.69) is 35.0 Å². The zero-order chi connectivity index (χ0) is 12.5. The quantitative estimate of drug-likeness (QED) is 0.875. The van der Waals surface area contributed by atoms with Crippen LogP contribution in [0.2, 0.25) is 0 Å². The Bertz CT molecular complexity index is 537. The van der Waals surface area contributed by atoms with Crippen molar-refractivity contribution in [3.8, 4) is 0 Å². The molecule has 2 nitrogen and oxygen atoms in total. The fraction of sp³-hybridized carbons (Fsp3) is 0.500. The van der Waals surface area contributed by atoms with Crippen LogP contribution in [0.3, 0.4) is 0 Å². The summed E-state index contributed by atoms with van der Waals surface area (Å²) in [7, 11) is 0. The van der Waals surface area contributed by atoms with E-state index in [1.165, 1.54) is 42.3 Å². The van der Waals surface area contributed by atoms with Crippen molar-refractivity contribution in [3.63, 3.8) is 0 Å². The third kappa shape index (κ3) is 2.30. The van der Waals surface area contributed by atoms with Crippen LogP contribution in [0.5, 0.6) is 0 Å². The summed E-state index contributed by atoms with van der Waals surface area (Å²) in [4.78, 5) is 0. The maximum absolute atomic E-state index is 9.44. The Balaban J connectivity index is 1.84. The van der Waals surface area contributed by atoms with Crippen molar-refractivity contribution in [2.75, 3.05) is 0 Å². The van der Waals surface area contributed by atoms with Gasteiger partial charge in [0.15, 0.2) is 0 Å². The molecule has 0 aliphatic heterocycles. The molecule has 0 saturated heterocycles. The third-order valence-electron chi connectivity index (χ3n) is 4.05. The molecular weight excluding hydrogens is 222 g/mol. The van der Waals surface area contributed by atoms with Crippen molar-refractivity contribution in [2.45, 2.75) is 45.3 Å². The second-order valence-electron chi connectivity index (χ2n) is 5.71. The van der Waals surface area contributed by atoms with Gasteiger partial charge in [0.25, 0.3) is 0 Å². The normalized spacial score (nSPS) is 17.9. The first kappa shape index (κ1) is 11.8. The average molecular weight is 243 g/mol. The summed E-state index contributed by atoms with van der Waals surface area (Å²) in [6.45, 7) is 3.01. The molecule has 2 heteroatoms. The van der Waals surface area contributed by atoms with Gasteiger partial charge in [0, 0.05) is 18.3 Å². The van der Waals surface area contributed by atoms with Gasteiger partial charge in [-0.05, 0) is 61.3 Å². The highest BCUT2D eigenvalue weighted by Crippen LogP contribution is 2.29. The summed E-state index contributed by atoms with van der Waals surface area (Å²) in [5.41, 5.74) is 2.55. The highest BCUT2D eigenvalue weighted by Gasteiger charge is 2.18. The van der Waals surface area contributed by atoms with Gasteiger partial charge in [-0.3, -0.25) is 0 Å². The van der Waals surface area contributed by atoms with E-state index < -0.39 is 0 Å². The minimum absolute atomic E-state index is 0.264. The van der Waals surface area contributed by atoms with Crippen molar-refractivity contribution >= 4 is 10.9 Å². The van der Waals surface area contributed by atoms with Crippen LogP contribution < -0.4 is 0 Å². The highest BCUT2D eigenvalue weighted by atomic mass is 16.3. The van der Waals surface area contributed by atoms with Crippen LogP contribution in [-0.4, -0.2) is 15.8 Å². The molecule has 1 heterocycles. The van der Waals surface area contributed by atoms with E-state index in [9.17, 15) is 5.11 Å². The number of fused-ring (bicyclic) bond motifs is 1. The molecule has 1 aromatic carbocycles. The summed E-state index contributed by atoms with van der Waals surface area (Å²) in [6, 6.07) is 8.75. The van der Waals surface area contributed by atoms with Crippen LogP contribution >= 0.6 is 0 Å². The molecule has 0 radical (unpaired) electrons. The number of hydrogen-bond acceptors (Lipinski definition) is 1. The van der Waals surface area contributed by atoms with Crippen molar-refractivity contribution in [1.82, 2.24) is 4.57 Å². The topological polar surface area (TPSA) is 25.2 Å². The Morgan fingerprint density at radius 1 is 1.33 bits per heavy atom. The van der Waals surface area contributed by atoms with Crippen molar-refractivity contribution in [2.24, 2.45) is 5.92 Å². The molecule has 1 aliphatic carbocycles. The smallest absolute Gasteiger partial charge is 0.0552 e. The molecule has 2 aromatic rings. The van der Waals surface area contributed by atoms with Gasteiger partial charge in [-0.25, -0.2) is 0 Å². The highest BCUT2D eigenvalue weighted by molar-refractivity contribution is 5.80. The summed E-state index contributed by atoms with van der Waals surface area (Å²) < 4.78 is 2.38. The molecule has 96 valence electrons. The van der Waals surface area contributed by atoms with Crippen molar-refractivity contribution in [1.29, 1.82) is 0 Å². The fourth-order valence-electron chi connectivity index (χ4n) is 2.83. The lowest BCUT2D eigenvalue weighted by Gasteiger charge is -2.26. The maximum Gasteiger partial charge on any atom is 0.0552 e. The van der Waals surface area contributed by atoms with E-state index in [0.29, 0.717) is 0 Å². The third-order valence-corrected chi connectivity index (χ3v) is 4.05. The summed E-state index contributed by atoms with van der Waals surface area (Å²) >= 11 is 0. The molecule has 1 unspecified atom stereocenters. The van der Waals surface area contributed by atoms with E-state index in [4.69, 9.17) is 0 Å². The Labute approximate surface area is 108 Å². The van der Waals surface area contributed by atoms with Gasteiger partial charge < -0.3 is 9.67 Å². The van der Waals surface area contributed by atoms with Gasteiger partial charge in [0.05, 0.1) is 6.10 Å². The Morgan fingerprint density at radius 2 is 2.17 bits per heavy atom. The molecule has 1 atom stereocenters. The van der Waals surface area contributed by atoms with Gasteiger partial charge in [-0.1, -0.05) is 12.5 Å². The zero-order valence-electron chi connectivity index (χ0n) is 11.0. The summed E-state index contributed by atoms with van der Waals surface area (Å²) in [5.74, 6) is 0.887. The first-order valence-corrected chi connectivity index (χ1v) is 6.98. The van der Waals surface area contributed by atoms with Gasteiger partial charge in [-0.15, -0.1) is 0 Å². The van der Waals surface area contributed by atoms with Crippen molar-refractivity contribution < 1.29 is 5.11 Å². The Kier molecular flexibility index (Phi) is 3.13. The van der Waals surface area contributed by atoms with Gasteiger partial charge in [0.1, 0.15) is 0 Å². The molecule has 1 aliphatic rings. The van der Waals surface area contributed by atoms with Crippen LogP contribution in [0.4, 0.5) is 0 Å². The standard InChI is InChI=1S/C16H21NO/c1-12(18)9-14-5-6-16-15(10-14)7-8-17(16)11-13-3-2-4-13/h5-8,10,12-13,18H,2-4,9,11H2,1H3. The van der Waals surface area contributed by atoms with E-state index >= 15 is 0 Å². The van der Waals surface area contributed by atoms with Gasteiger partial charge in [0.2, 0.25) is 0 Å². The molecular formula is C16H21NO. The molecule has 1 fully saturated rings. The SMILES string of the molecule is CC(O)Cc1ccc2c(ccn2CC2CCC2)c1. The number of benzene rings is 1. The summed E-state index contributed by atoms with van der Waals surface area (Å²) in [5, 5.41) is 10.7. The molecule has 3 rings (SSSR count). The van der Waals surface area contributed by atoms with Crippen molar-refractivity contribution in [3.05, 3.63) is 36.0 Å². The van der Waals surface area contributed by atoms with Gasteiger partial charge in [-0.2, -0.15) is 0 Å². The van der Waals surface area contributed by atoms with Crippen LogP contribution in [-0.2, 0) is 13.0 Å². The largest absolute Gasteiger partial charge is 0.393 e. The molecule has 1 saturated carbocycles. The number of nitrogens with zero attached hydrogens (tertiary/aromatic N) is 1.